The van der Waals surface area contributed by atoms with Crippen LogP contribution in [0, 0.1) is 0 Å². The number of benzene rings is 1. The average Bonchev–Trinajstić information content (AvgIpc) is 2.90. The second kappa shape index (κ2) is 6.96. The zero-order chi connectivity index (χ0) is 13.7. The first-order chi connectivity index (χ1) is 9.15. The first kappa shape index (κ1) is 14.4. The molecule has 1 saturated carbocycles. The quantitative estimate of drug-likeness (QED) is 0.870. The summed E-state index contributed by atoms with van der Waals surface area (Å²) >= 11 is 2.03. The van der Waals surface area contributed by atoms with Crippen LogP contribution in [0.3, 0.4) is 0 Å². The van der Waals surface area contributed by atoms with E-state index in [0.717, 1.165) is 16.7 Å². The average molecular weight is 278 g/mol. The van der Waals surface area contributed by atoms with E-state index in [0.29, 0.717) is 0 Å². The zero-order valence-electron chi connectivity index (χ0n) is 11.4. The minimum Gasteiger partial charge on any atom is -0.325 e. The fourth-order valence-electron chi connectivity index (χ4n) is 2.26. The van der Waals surface area contributed by atoms with Crippen molar-refractivity contribution >= 4 is 23.4 Å². The van der Waals surface area contributed by atoms with Crippen molar-refractivity contribution in [3.05, 3.63) is 29.8 Å². The molecule has 4 heteroatoms. The lowest BCUT2D eigenvalue weighted by atomic mass is 10.2. The molecule has 0 radical (unpaired) electrons. The van der Waals surface area contributed by atoms with Crippen LogP contribution in [-0.4, -0.2) is 17.2 Å². The molecule has 19 heavy (non-hydrogen) atoms. The molecule has 1 aliphatic carbocycles. The fourth-order valence-corrected chi connectivity index (χ4v) is 3.54. The summed E-state index contributed by atoms with van der Waals surface area (Å²) in [5.41, 5.74) is 7.65. The number of anilines is 1. The molecule has 0 unspecified atom stereocenters. The molecule has 0 heterocycles. The molecule has 0 spiro atoms. The van der Waals surface area contributed by atoms with Gasteiger partial charge in [-0.3, -0.25) is 4.79 Å². The molecular weight excluding hydrogens is 256 g/mol. The van der Waals surface area contributed by atoms with Crippen molar-refractivity contribution < 1.29 is 4.79 Å². The Kier molecular flexibility index (Phi) is 5.28. The van der Waals surface area contributed by atoms with Gasteiger partial charge in [-0.05, 0) is 37.5 Å². The van der Waals surface area contributed by atoms with Crippen molar-refractivity contribution in [1.82, 2.24) is 0 Å². The lowest BCUT2D eigenvalue weighted by Gasteiger charge is -2.11. The SMILES string of the molecule is C[C@@H](N)C(=O)Nc1cccc(CSC2CCCC2)c1. The van der Waals surface area contributed by atoms with Crippen LogP contribution in [0.5, 0.6) is 0 Å². The summed E-state index contributed by atoms with van der Waals surface area (Å²) in [4.78, 5) is 11.5. The smallest absolute Gasteiger partial charge is 0.240 e. The van der Waals surface area contributed by atoms with Crippen LogP contribution < -0.4 is 11.1 Å². The Morgan fingerprint density at radius 2 is 2.21 bits per heavy atom. The Balaban J connectivity index is 1.89. The van der Waals surface area contributed by atoms with Gasteiger partial charge in [0.05, 0.1) is 6.04 Å². The molecule has 1 aromatic carbocycles. The van der Waals surface area contributed by atoms with Gasteiger partial charge in [-0.1, -0.05) is 25.0 Å². The topological polar surface area (TPSA) is 55.1 Å². The van der Waals surface area contributed by atoms with Crippen LogP contribution in [0.25, 0.3) is 0 Å². The molecule has 0 aliphatic heterocycles. The van der Waals surface area contributed by atoms with E-state index in [1.165, 1.54) is 31.2 Å². The van der Waals surface area contributed by atoms with Crippen LogP contribution in [0.1, 0.15) is 38.2 Å². The van der Waals surface area contributed by atoms with E-state index >= 15 is 0 Å². The lowest BCUT2D eigenvalue weighted by Crippen LogP contribution is -2.32. The number of rotatable bonds is 5. The first-order valence-electron chi connectivity index (χ1n) is 6.92. The van der Waals surface area contributed by atoms with Crippen LogP contribution >= 0.6 is 11.8 Å². The van der Waals surface area contributed by atoms with Crippen LogP contribution in [0.2, 0.25) is 0 Å². The highest BCUT2D eigenvalue weighted by molar-refractivity contribution is 7.99. The van der Waals surface area contributed by atoms with E-state index < -0.39 is 6.04 Å². The normalized spacial score (nSPS) is 17.4. The molecule has 1 aliphatic rings. The van der Waals surface area contributed by atoms with E-state index in [2.05, 4.69) is 11.4 Å². The van der Waals surface area contributed by atoms with Gasteiger partial charge >= 0.3 is 0 Å². The van der Waals surface area contributed by atoms with Gasteiger partial charge in [0.1, 0.15) is 0 Å². The monoisotopic (exact) mass is 278 g/mol. The van der Waals surface area contributed by atoms with E-state index in [-0.39, 0.29) is 5.91 Å². The second-order valence-electron chi connectivity index (χ2n) is 5.20. The summed E-state index contributed by atoms with van der Waals surface area (Å²) in [5.74, 6) is 0.882. The highest BCUT2D eigenvalue weighted by Crippen LogP contribution is 2.31. The number of carbonyl (C=O) groups is 1. The second-order valence-corrected chi connectivity index (χ2v) is 6.48. The van der Waals surface area contributed by atoms with Gasteiger partial charge in [0, 0.05) is 16.7 Å². The van der Waals surface area contributed by atoms with Gasteiger partial charge in [-0.2, -0.15) is 11.8 Å². The predicted octanol–water partition coefficient (Wildman–Crippen LogP) is 3.15. The number of nitrogens with two attached hydrogens (primary N) is 1. The highest BCUT2D eigenvalue weighted by atomic mass is 32.2. The van der Waals surface area contributed by atoms with Crippen molar-refractivity contribution in [2.24, 2.45) is 5.73 Å². The minimum absolute atomic E-state index is 0.138. The summed E-state index contributed by atoms with van der Waals surface area (Å²) in [6.07, 6.45) is 5.46. The predicted molar refractivity (Wildman–Crippen MR) is 82.3 cm³/mol. The molecule has 1 fully saturated rings. The van der Waals surface area contributed by atoms with Crippen molar-refractivity contribution in [3.63, 3.8) is 0 Å². The number of amides is 1. The summed E-state index contributed by atoms with van der Waals surface area (Å²) in [6.45, 7) is 1.69. The molecule has 0 saturated heterocycles. The van der Waals surface area contributed by atoms with Gasteiger partial charge in [0.15, 0.2) is 0 Å². The van der Waals surface area contributed by atoms with Gasteiger partial charge in [0.2, 0.25) is 5.91 Å². The van der Waals surface area contributed by atoms with Crippen molar-refractivity contribution in [1.29, 1.82) is 0 Å². The third kappa shape index (κ3) is 4.55. The van der Waals surface area contributed by atoms with Gasteiger partial charge in [0.25, 0.3) is 0 Å². The molecule has 0 aromatic heterocycles. The van der Waals surface area contributed by atoms with Crippen LogP contribution in [-0.2, 0) is 10.5 Å². The minimum atomic E-state index is -0.475. The van der Waals surface area contributed by atoms with E-state index in [4.69, 9.17) is 5.73 Å². The van der Waals surface area contributed by atoms with E-state index in [1.54, 1.807) is 6.92 Å². The molecule has 1 atom stereocenters. The maximum Gasteiger partial charge on any atom is 0.240 e. The largest absolute Gasteiger partial charge is 0.325 e. The summed E-state index contributed by atoms with van der Waals surface area (Å²) in [6, 6.07) is 7.58. The Hall–Kier alpha value is -1.00. The Bertz CT molecular complexity index is 428. The lowest BCUT2D eigenvalue weighted by molar-refractivity contribution is -0.117. The molecule has 1 amide bonds. The van der Waals surface area contributed by atoms with Crippen molar-refractivity contribution in [3.8, 4) is 0 Å². The summed E-state index contributed by atoms with van der Waals surface area (Å²) in [7, 11) is 0. The van der Waals surface area contributed by atoms with Crippen LogP contribution in [0.4, 0.5) is 5.69 Å². The molecule has 3 nitrogen and oxygen atoms in total. The number of hydrogen-bond donors (Lipinski definition) is 2. The summed E-state index contributed by atoms with van der Waals surface area (Å²) < 4.78 is 0. The number of nitrogens with one attached hydrogen (secondary N) is 1. The zero-order valence-corrected chi connectivity index (χ0v) is 12.2. The van der Waals surface area contributed by atoms with Gasteiger partial charge < -0.3 is 11.1 Å². The molecule has 3 N–H and O–H groups in total. The first-order valence-corrected chi connectivity index (χ1v) is 7.97. The van der Waals surface area contributed by atoms with Crippen LogP contribution in [0.15, 0.2) is 24.3 Å². The number of hydrogen-bond acceptors (Lipinski definition) is 3. The Labute approximate surface area is 119 Å². The van der Waals surface area contributed by atoms with Crippen molar-refractivity contribution in [2.75, 3.05) is 5.32 Å². The summed E-state index contributed by atoms with van der Waals surface area (Å²) in [5, 5.41) is 3.66. The maximum atomic E-state index is 11.5. The van der Waals surface area contributed by atoms with Gasteiger partial charge in [-0.25, -0.2) is 0 Å². The molecule has 0 bridgehead atoms. The Morgan fingerprint density at radius 3 is 2.89 bits per heavy atom. The molecular formula is C15H22N2OS. The van der Waals surface area contributed by atoms with E-state index in [1.807, 2.05) is 30.0 Å². The fraction of sp³-hybridized carbons (Fsp3) is 0.533. The molecule has 1 aromatic rings. The highest BCUT2D eigenvalue weighted by Gasteiger charge is 2.15. The molecule has 2 rings (SSSR count). The maximum absolute atomic E-state index is 11.5. The number of thioether (sulfide) groups is 1. The van der Waals surface area contributed by atoms with E-state index in [9.17, 15) is 4.79 Å². The standard InChI is InChI=1S/C15H22N2OS/c1-11(16)15(18)17-13-6-4-5-12(9-13)10-19-14-7-2-3-8-14/h4-6,9,11,14H,2-3,7-8,10,16H2,1H3,(H,17,18)/t11-/m1/s1. The number of carbonyl (C=O) groups excluding carboxylic acids is 1. The van der Waals surface area contributed by atoms with Gasteiger partial charge in [-0.15, -0.1) is 0 Å². The third-order valence-electron chi connectivity index (χ3n) is 3.40. The Morgan fingerprint density at radius 1 is 1.47 bits per heavy atom. The van der Waals surface area contributed by atoms with Crippen molar-refractivity contribution in [2.45, 2.75) is 49.7 Å². The molecule has 104 valence electrons. The third-order valence-corrected chi connectivity index (χ3v) is 4.84.